The van der Waals surface area contributed by atoms with Gasteiger partial charge >= 0.3 is 0 Å². The molecule has 0 bridgehead atoms. The van der Waals surface area contributed by atoms with Crippen molar-refractivity contribution in [1.29, 1.82) is 0 Å². The van der Waals surface area contributed by atoms with Crippen LogP contribution in [0.4, 0.5) is 0 Å². The molecule has 2 aromatic heterocycles. The van der Waals surface area contributed by atoms with Crippen molar-refractivity contribution in [1.82, 2.24) is 24.2 Å². The molecule has 0 spiro atoms. The van der Waals surface area contributed by atoms with Crippen molar-refractivity contribution in [3.05, 3.63) is 24.4 Å². The fraction of sp³-hybridized carbons (Fsp3) is 0.647. The number of aryl methyl sites for hydroxylation is 2. The Balaban J connectivity index is 1.74. The van der Waals surface area contributed by atoms with Gasteiger partial charge in [0, 0.05) is 31.4 Å². The van der Waals surface area contributed by atoms with Crippen LogP contribution < -0.4 is 0 Å². The monoisotopic (exact) mass is 301 g/mol. The number of piperidine rings is 1. The van der Waals surface area contributed by atoms with E-state index < -0.39 is 0 Å². The highest BCUT2D eigenvalue weighted by atomic mass is 15.3. The number of nitrogens with zero attached hydrogens (tertiary/aromatic N) is 5. The molecule has 3 rings (SSSR count). The van der Waals surface area contributed by atoms with Gasteiger partial charge in [-0.1, -0.05) is 6.92 Å². The zero-order valence-electron chi connectivity index (χ0n) is 14.2. The van der Waals surface area contributed by atoms with E-state index in [0.717, 1.165) is 18.2 Å². The molecule has 2 aromatic rings. The number of hydrogen-bond donors (Lipinski definition) is 0. The lowest BCUT2D eigenvalue weighted by Crippen LogP contribution is -2.41. The van der Waals surface area contributed by atoms with Crippen LogP contribution in [-0.4, -0.2) is 43.4 Å². The number of hydrogen-bond acceptors (Lipinski definition) is 3. The fourth-order valence-corrected chi connectivity index (χ4v) is 3.41. The highest BCUT2D eigenvalue weighted by molar-refractivity contribution is 5.60. The van der Waals surface area contributed by atoms with Crippen molar-refractivity contribution in [2.75, 3.05) is 13.1 Å². The summed E-state index contributed by atoms with van der Waals surface area (Å²) in [4.78, 5) is 6.98. The second-order valence-electron chi connectivity index (χ2n) is 6.80. The molecule has 0 N–H and O–H groups in total. The molecule has 5 heteroatoms. The first kappa shape index (κ1) is 15.3. The summed E-state index contributed by atoms with van der Waals surface area (Å²) in [5.41, 5.74) is 3.41. The highest BCUT2D eigenvalue weighted by Crippen LogP contribution is 2.24. The van der Waals surface area contributed by atoms with E-state index in [1.165, 1.54) is 37.2 Å². The van der Waals surface area contributed by atoms with Gasteiger partial charge in [-0.2, -0.15) is 5.10 Å². The predicted octanol–water partition coefficient (Wildman–Crippen LogP) is 2.71. The van der Waals surface area contributed by atoms with E-state index in [1.54, 1.807) is 0 Å². The molecular weight excluding hydrogens is 274 g/mol. The van der Waals surface area contributed by atoms with E-state index in [4.69, 9.17) is 0 Å². The Morgan fingerprint density at radius 3 is 2.68 bits per heavy atom. The number of aromatic nitrogens is 4. The van der Waals surface area contributed by atoms with Gasteiger partial charge in [-0.15, -0.1) is 0 Å². The summed E-state index contributed by atoms with van der Waals surface area (Å²) < 4.78 is 4.14. The molecule has 0 amide bonds. The van der Waals surface area contributed by atoms with Crippen LogP contribution in [0.15, 0.2) is 18.7 Å². The Morgan fingerprint density at radius 1 is 1.32 bits per heavy atom. The number of rotatable bonds is 4. The van der Waals surface area contributed by atoms with Crippen molar-refractivity contribution in [3.63, 3.8) is 0 Å². The van der Waals surface area contributed by atoms with Crippen molar-refractivity contribution < 1.29 is 0 Å². The van der Waals surface area contributed by atoms with Gasteiger partial charge in [-0.3, -0.25) is 9.58 Å². The van der Waals surface area contributed by atoms with Crippen LogP contribution in [0.5, 0.6) is 0 Å². The Bertz CT molecular complexity index is 619. The van der Waals surface area contributed by atoms with Gasteiger partial charge < -0.3 is 4.57 Å². The smallest absolute Gasteiger partial charge is 0.0951 e. The van der Waals surface area contributed by atoms with Crippen LogP contribution in [0.1, 0.15) is 32.4 Å². The third kappa shape index (κ3) is 3.09. The summed E-state index contributed by atoms with van der Waals surface area (Å²) in [5.74, 6) is 0.880. The van der Waals surface area contributed by atoms with Gasteiger partial charge in [-0.25, -0.2) is 4.98 Å². The van der Waals surface area contributed by atoms with Crippen molar-refractivity contribution in [2.45, 2.75) is 46.2 Å². The first-order valence-electron chi connectivity index (χ1n) is 8.29. The predicted molar refractivity (Wildman–Crippen MR) is 88.6 cm³/mol. The van der Waals surface area contributed by atoms with Gasteiger partial charge in [0.15, 0.2) is 0 Å². The maximum Gasteiger partial charge on any atom is 0.0951 e. The molecule has 22 heavy (non-hydrogen) atoms. The minimum atomic E-state index is 0.539. The Hall–Kier alpha value is -1.62. The lowest BCUT2D eigenvalue weighted by Gasteiger charge is -2.35. The highest BCUT2D eigenvalue weighted by Gasteiger charge is 2.21. The molecular formula is C17H27N5. The molecule has 1 aliphatic rings. The van der Waals surface area contributed by atoms with Gasteiger partial charge in [0.25, 0.3) is 0 Å². The third-order valence-electron chi connectivity index (χ3n) is 4.90. The minimum absolute atomic E-state index is 0.539. The first-order valence-corrected chi connectivity index (χ1v) is 8.29. The molecule has 0 aliphatic carbocycles. The average molecular weight is 301 g/mol. The summed E-state index contributed by atoms with van der Waals surface area (Å²) in [6.07, 6.45) is 8.63. The third-order valence-corrected chi connectivity index (χ3v) is 4.90. The minimum Gasteiger partial charge on any atom is -0.329 e. The van der Waals surface area contributed by atoms with Crippen LogP contribution in [-0.2, 0) is 13.6 Å². The van der Waals surface area contributed by atoms with Gasteiger partial charge in [0.05, 0.1) is 23.9 Å². The van der Waals surface area contributed by atoms with E-state index >= 15 is 0 Å². The SMILES string of the molecule is Cc1nn(C)cc1-c1cncn1C[C@H](C)N1CCC(C)CC1. The van der Waals surface area contributed by atoms with Crippen molar-refractivity contribution >= 4 is 0 Å². The Kier molecular flexibility index (Phi) is 4.34. The molecule has 1 fully saturated rings. The van der Waals surface area contributed by atoms with Gasteiger partial charge in [0.2, 0.25) is 0 Å². The maximum absolute atomic E-state index is 4.45. The lowest BCUT2D eigenvalue weighted by atomic mass is 9.98. The molecule has 0 aromatic carbocycles. The molecule has 1 aliphatic heterocycles. The molecule has 5 nitrogen and oxygen atoms in total. The second kappa shape index (κ2) is 6.24. The zero-order valence-corrected chi connectivity index (χ0v) is 14.2. The van der Waals surface area contributed by atoms with Gasteiger partial charge in [0.1, 0.15) is 0 Å². The second-order valence-corrected chi connectivity index (χ2v) is 6.80. The summed E-state index contributed by atoms with van der Waals surface area (Å²) in [5, 5.41) is 4.45. The zero-order chi connectivity index (χ0) is 15.7. The molecule has 120 valence electrons. The molecule has 1 saturated heterocycles. The maximum atomic E-state index is 4.45. The van der Waals surface area contributed by atoms with E-state index in [2.05, 4.69) is 46.5 Å². The standard InChI is InChI=1S/C17H27N5/c1-13-5-7-21(8-6-13)14(2)10-22-12-18-9-17(22)16-11-20(4)19-15(16)3/h9,11-14H,5-8,10H2,1-4H3/t14-/m0/s1. The first-order chi connectivity index (χ1) is 10.5. The summed E-state index contributed by atoms with van der Waals surface area (Å²) in [6, 6.07) is 0.539. The van der Waals surface area contributed by atoms with Crippen LogP contribution in [0, 0.1) is 12.8 Å². The number of imidazole rings is 1. The fourth-order valence-electron chi connectivity index (χ4n) is 3.41. The summed E-state index contributed by atoms with van der Waals surface area (Å²) in [7, 11) is 1.97. The van der Waals surface area contributed by atoms with Crippen LogP contribution >= 0.6 is 0 Å². The summed E-state index contributed by atoms with van der Waals surface area (Å²) >= 11 is 0. The normalized spacial score (nSPS) is 18.7. The molecule has 0 unspecified atom stereocenters. The van der Waals surface area contributed by atoms with E-state index in [9.17, 15) is 0 Å². The van der Waals surface area contributed by atoms with E-state index in [1.807, 2.05) is 24.3 Å². The van der Waals surface area contributed by atoms with Crippen molar-refractivity contribution in [2.24, 2.45) is 13.0 Å². The van der Waals surface area contributed by atoms with Crippen LogP contribution in [0.25, 0.3) is 11.3 Å². The lowest BCUT2D eigenvalue weighted by molar-refractivity contribution is 0.135. The average Bonchev–Trinajstić information content (AvgIpc) is 3.05. The Labute approximate surface area is 133 Å². The number of likely N-dealkylation sites (tertiary alicyclic amines) is 1. The molecule has 3 heterocycles. The van der Waals surface area contributed by atoms with E-state index in [0.29, 0.717) is 6.04 Å². The Morgan fingerprint density at radius 2 is 2.05 bits per heavy atom. The van der Waals surface area contributed by atoms with E-state index in [-0.39, 0.29) is 0 Å². The van der Waals surface area contributed by atoms with Crippen LogP contribution in [0.2, 0.25) is 0 Å². The van der Waals surface area contributed by atoms with Gasteiger partial charge in [-0.05, 0) is 45.7 Å². The summed E-state index contributed by atoms with van der Waals surface area (Å²) in [6.45, 7) is 10.2. The largest absolute Gasteiger partial charge is 0.329 e. The van der Waals surface area contributed by atoms with Crippen LogP contribution in [0.3, 0.4) is 0 Å². The molecule has 1 atom stereocenters. The molecule has 0 radical (unpaired) electrons. The molecule has 0 saturated carbocycles. The quantitative estimate of drug-likeness (QED) is 0.871. The topological polar surface area (TPSA) is 38.9 Å². The van der Waals surface area contributed by atoms with Crippen molar-refractivity contribution in [3.8, 4) is 11.3 Å².